The number of hydrogen-bond acceptors (Lipinski definition) is 4. The molecular formula is C16H29N3O2. The number of hydrogen-bond donors (Lipinski definition) is 3. The van der Waals surface area contributed by atoms with Gasteiger partial charge >= 0.3 is 0 Å². The van der Waals surface area contributed by atoms with E-state index in [0.717, 1.165) is 64.6 Å². The summed E-state index contributed by atoms with van der Waals surface area (Å²) in [5.41, 5.74) is 0. The molecule has 1 saturated carbocycles. The first kappa shape index (κ1) is 15.3. The highest BCUT2D eigenvalue weighted by Gasteiger charge is 2.36. The third-order valence-electron chi connectivity index (χ3n) is 5.53. The highest BCUT2D eigenvalue weighted by atomic mass is 16.3. The molecule has 3 fully saturated rings. The van der Waals surface area contributed by atoms with Gasteiger partial charge in [-0.25, -0.2) is 0 Å². The van der Waals surface area contributed by atoms with E-state index >= 15 is 0 Å². The molecular weight excluding hydrogens is 266 g/mol. The van der Waals surface area contributed by atoms with Crippen LogP contribution in [0.25, 0.3) is 0 Å². The van der Waals surface area contributed by atoms with Gasteiger partial charge in [0.25, 0.3) is 0 Å². The van der Waals surface area contributed by atoms with Crippen LogP contribution in [0.5, 0.6) is 0 Å². The molecule has 3 aliphatic rings. The Kier molecular flexibility index (Phi) is 5.14. The molecule has 3 atom stereocenters. The fraction of sp³-hybridized carbons (Fsp3) is 0.938. The number of aliphatic hydroxyl groups is 1. The summed E-state index contributed by atoms with van der Waals surface area (Å²) in [6.07, 6.45) is 7.25. The Balaban J connectivity index is 1.50. The highest BCUT2D eigenvalue weighted by molar-refractivity contribution is 5.82. The van der Waals surface area contributed by atoms with Crippen LogP contribution in [0.3, 0.4) is 0 Å². The average molecular weight is 295 g/mol. The normalized spacial score (nSPS) is 35.2. The molecule has 0 aromatic rings. The van der Waals surface area contributed by atoms with E-state index in [-0.39, 0.29) is 24.0 Å². The van der Waals surface area contributed by atoms with Gasteiger partial charge in [0.05, 0.1) is 12.1 Å². The summed E-state index contributed by atoms with van der Waals surface area (Å²) in [6, 6.07) is 0.633. The third-order valence-corrected chi connectivity index (χ3v) is 5.53. The molecule has 120 valence electrons. The first-order valence-electron chi connectivity index (χ1n) is 8.68. The monoisotopic (exact) mass is 295 g/mol. The van der Waals surface area contributed by atoms with Gasteiger partial charge in [0.1, 0.15) is 0 Å². The summed E-state index contributed by atoms with van der Waals surface area (Å²) in [7, 11) is 0. The van der Waals surface area contributed by atoms with Crippen LogP contribution < -0.4 is 10.6 Å². The zero-order valence-electron chi connectivity index (χ0n) is 12.9. The Morgan fingerprint density at radius 3 is 2.67 bits per heavy atom. The summed E-state index contributed by atoms with van der Waals surface area (Å²) >= 11 is 0. The Morgan fingerprint density at radius 2 is 1.95 bits per heavy atom. The van der Waals surface area contributed by atoms with Gasteiger partial charge in [0.2, 0.25) is 5.91 Å². The van der Waals surface area contributed by atoms with Crippen LogP contribution in [0.1, 0.15) is 44.9 Å². The van der Waals surface area contributed by atoms with E-state index in [1.807, 2.05) is 0 Å². The Hall–Kier alpha value is -0.650. The lowest BCUT2D eigenvalue weighted by Gasteiger charge is -2.35. The van der Waals surface area contributed by atoms with Crippen molar-refractivity contribution in [3.63, 3.8) is 0 Å². The average Bonchev–Trinajstić information content (AvgIpc) is 3.15. The van der Waals surface area contributed by atoms with Crippen molar-refractivity contribution in [2.24, 2.45) is 5.92 Å². The Morgan fingerprint density at radius 1 is 1.14 bits per heavy atom. The highest BCUT2D eigenvalue weighted by Crippen LogP contribution is 2.26. The van der Waals surface area contributed by atoms with Crippen LogP contribution in [0.15, 0.2) is 0 Å². The van der Waals surface area contributed by atoms with Gasteiger partial charge in [-0.1, -0.05) is 6.42 Å². The second kappa shape index (κ2) is 7.07. The number of likely N-dealkylation sites (tertiary alicyclic amines) is 1. The fourth-order valence-corrected chi connectivity index (χ4v) is 4.25. The number of rotatable bonds is 4. The van der Waals surface area contributed by atoms with Crippen molar-refractivity contribution in [3.05, 3.63) is 0 Å². The first-order valence-corrected chi connectivity index (χ1v) is 8.68. The van der Waals surface area contributed by atoms with Crippen molar-refractivity contribution in [2.45, 2.75) is 63.1 Å². The molecule has 21 heavy (non-hydrogen) atoms. The fourth-order valence-electron chi connectivity index (χ4n) is 4.25. The van der Waals surface area contributed by atoms with E-state index in [0.29, 0.717) is 12.6 Å². The van der Waals surface area contributed by atoms with Gasteiger partial charge in [0, 0.05) is 18.5 Å². The van der Waals surface area contributed by atoms with E-state index in [2.05, 4.69) is 15.5 Å². The van der Waals surface area contributed by atoms with E-state index in [1.54, 1.807) is 0 Å². The zero-order chi connectivity index (χ0) is 14.7. The molecule has 0 aromatic heterocycles. The number of nitrogens with zero attached hydrogens (tertiary/aromatic N) is 1. The number of carbonyl (C=O) groups is 1. The molecule has 2 saturated heterocycles. The van der Waals surface area contributed by atoms with Gasteiger partial charge in [0.15, 0.2) is 0 Å². The molecule has 5 nitrogen and oxygen atoms in total. The number of aliphatic hydroxyl groups excluding tert-OH is 1. The minimum atomic E-state index is -0.214. The van der Waals surface area contributed by atoms with Crippen LogP contribution in [-0.4, -0.2) is 60.3 Å². The van der Waals surface area contributed by atoms with Crippen molar-refractivity contribution in [1.29, 1.82) is 0 Å². The molecule has 1 amide bonds. The molecule has 2 aliphatic heterocycles. The van der Waals surface area contributed by atoms with E-state index < -0.39 is 0 Å². The molecule has 0 radical (unpaired) electrons. The largest absolute Gasteiger partial charge is 0.393 e. The molecule has 0 aromatic carbocycles. The summed E-state index contributed by atoms with van der Waals surface area (Å²) in [5, 5.41) is 16.4. The molecule has 2 heterocycles. The summed E-state index contributed by atoms with van der Waals surface area (Å²) in [4.78, 5) is 14.9. The number of carbonyl (C=O) groups excluding carboxylic acids is 1. The second-order valence-corrected chi connectivity index (χ2v) is 6.88. The van der Waals surface area contributed by atoms with Crippen molar-refractivity contribution < 1.29 is 9.90 Å². The van der Waals surface area contributed by atoms with Gasteiger partial charge < -0.3 is 15.7 Å². The lowest BCUT2D eigenvalue weighted by molar-refractivity contribution is -0.126. The van der Waals surface area contributed by atoms with Crippen LogP contribution in [0.4, 0.5) is 0 Å². The van der Waals surface area contributed by atoms with Crippen LogP contribution in [0, 0.1) is 5.92 Å². The quantitative estimate of drug-likeness (QED) is 0.706. The maximum absolute atomic E-state index is 12.5. The minimum Gasteiger partial charge on any atom is -0.393 e. The van der Waals surface area contributed by atoms with Crippen molar-refractivity contribution in [1.82, 2.24) is 15.5 Å². The predicted molar refractivity (Wildman–Crippen MR) is 82.0 cm³/mol. The van der Waals surface area contributed by atoms with Crippen molar-refractivity contribution in [3.8, 4) is 0 Å². The smallest absolute Gasteiger partial charge is 0.237 e. The molecule has 3 N–H and O–H groups in total. The SMILES string of the molecule is O=C(NCC1CCCC1O)C1CCCN1C1CCNCC1. The molecule has 5 heteroatoms. The number of amides is 1. The predicted octanol–water partition coefficient (Wildman–Crippen LogP) is 0.480. The maximum Gasteiger partial charge on any atom is 0.237 e. The molecule has 3 unspecified atom stereocenters. The topological polar surface area (TPSA) is 64.6 Å². The minimum absolute atomic E-state index is 0.0617. The van der Waals surface area contributed by atoms with E-state index in [4.69, 9.17) is 0 Å². The summed E-state index contributed by atoms with van der Waals surface area (Å²) in [5.74, 6) is 0.452. The number of piperidine rings is 1. The second-order valence-electron chi connectivity index (χ2n) is 6.88. The van der Waals surface area contributed by atoms with E-state index in [1.165, 1.54) is 0 Å². The Bertz CT molecular complexity index is 357. The maximum atomic E-state index is 12.5. The van der Waals surface area contributed by atoms with Crippen LogP contribution >= 0.6 is 0 Å². The zero-order valence-corrected chi connectivity index (χ0v) is 12.9. The number of nitrogens with one attached hydrogen (secondary N) is 2. The van der Waals surface area contributed by atoms with Gasteiger partial charge in [-0.2, -0.15) is 0 Å². The van der Waals surface area contributed by atoms with Crippen molar-refractivity contribution >= 4 is 5.91 Å². The summed E-state index contributed by atoms with van der Waals surface area (Å²) < 4.78 is 0. The van der Waals surface area contributed by atoms with Crippen molar-refractivity contribution in [2.75, 3.05) is 26.2 Å². The van der Waals surface area contributed by atoms with Gasteiger partial charge in [-0.05, 0) is 58.2 Å². The molecule has 1 aliphatic carbocycles. The van der Waals surface area contributed by atoms with E-state index in [9.17, 15) is 9.90 Å². The standard InChI is InChI=1S/C16H29N3O2/c20-15-5-1-3-12(15)11-18-16(21)14-4-2-10-19(14)13-6-8-17-9-7-13/h12-15,17,20H,1-11H2,(H,18,21). The van der Waals surface area contributed by atoms with Crippen LogP contribution in [0.2, 0.25) is 0 Å². The van der Waals surface area contributed by atoms with Gasteiger partial charge in [-0.3, -0.25) is 9.69 Å². The van der Waals surface area contributed by atoms with Crippen LogP contribution in [-0.2, 0) is 4.79 Å². The van der Waals surface area contributed by atoms with Gasteiger partial charge in [-0.15, -0.1) is 0 Å². The first-order chi connectivity index (χ1) is 10.3. The molecule has 3 rings (SSSR count). The Labute approximate surface area is 127 Å². The lowest BCUT2D eigenvalue weighted by atomic mass is 10.0. The lowest BCUT2D eigenvalue weighted by Crippen LogP contribution is -2.51. The third kappa shape index (κ3) is 3.58. The molecule has 0 spiro atoms. The summed E-state index contributed by atoms with van der Waals surface area (Å²) in [6.45, 7) is 3.86. The molecule has 0 bridgehead atoms.